The van der Waals surface area contributed by atoms with Crippen molar-refractivity contribution in [1.82, 2.24) is 9.97 Å². The molecule has 0 spiro atoms. The quantitative estimate of drug-likeness (QED) is 0.773. The summed E-state index contributed by atoms with van der Waals surface area (Å²) in [5, 5.41) is 6.98. The zero-order chi connectivity index (χ0) is 9.97. The minimum atomic E-state index is -0.532. The molecule has 0 aliphatic heterocycles. The van der Waals surface area contributed by atoms with E-state index in [0.717, 1.165) is 11.3 Å². The van der Waals surface area contributed by atoms with Gasteiger partial charge in [0.15, 0.2) is 0 Å². The number of aromatic nitrogens is 2. The zero-order valence-corrected chi connectivity index (χ0v) is 8.31. The minimum Gasteiger partial charge on any atom is -0.339 e. The van der Waals surface area contributed by atoms with Gasteiger partial charge in [-0.1, -0.05) is 0 Å². The summed E-state index contributed by atoms with van der Waals surface area (Å²) in [6, 6.07) is 1.26. The molecule has 0 aromatic carbocycles. The Labute approximate surface area is 84.6 Å². The largest absolute Gasteiger partial charge is 0.339 e. The standard InChI is InChI=1S/C9H8FN3S/c1-6-3-14-4-7(6)13-9-2-8(10)11-5-12-9/h2-5H,1H3,(H,11,12,13). The summed E-state index contributed by atoms with van der Waals surface area (Å²) in [7, 11) is 0. The fourth-order valence-corrected chi connectivity index (χ4v) is 1.81. The molecule has 3 nitrogen and oxygen atoms in total. The van der Waals surface area contributed by atoms with Crippen LogP contribution in [0.2, 0.25) is 0 Å². The monoisotopic (exact) mass is 209 g/mol. The van der Waals surface area contributed by atoms with Crippen LogP contribution in [0.15, 0.2) is 23.2 Å². The van der Waals surface area contributed by atoms with Crippen LogP contribution < -0.4 is 5.32 Å². The van der Waals surface area contributed by atoms with E-state index in [1.54, 1.807) is 11.3 Å². The second-order valence-electron chi connectivity index (χ2n) is 2.82. The van der Waals surface area contributed by atoms with Gasteiger partial charge in [-0.15, -0.1) is 11.3 Å². The molecule has 72 valence electrons. The van der Waals surface area contributed by atoms with E-state index in [0.29, 0.717) is 5.82 Å². The van der Waals surface area contributed by atoms with Crippen molar-refractivity contribution in [2.75, 3.05) is 5.32 Å². The Morgan fingerprint density at radius 2 is 2.21 bits per heavy atom. The number of thiophene rings is 1. The maximum atomic E-state index is 12.7. The first kappa shape index (κ1) is 9.08. The number of hydrogen-bond acceptors (Lipinski definition) is 4. The van der Waals surface area contributed by atoms with Gasteiger partial charge in [-0.3, -0.25) is 0 Å². The third-order valence-electron chi connectivity index (χ3n) is 1.75. The summed E-state index contributed by atoms with van der Waals surface area (Å²) in [5.41, 5.74) is 2.07. The lowest BCUT2D eigenvalue weighted by Crippen LogP contribution is -1.95. The predicted molar refractivity (Wildman–Crippen MR) is 54.3 cm³/mol. The second-order valence-corrected chi connectivity index (χ2v) is 3.56. The van der Waals surface area contributed by atoms with Crippen LogP contribution in [0.1, 0.15) is 5.56 Å². The van der Waals surface area contributed by atoms with Gasteiger partial charge in [0.05, 0.1) is 5.69 Å². The molecule has 0 saturated carbocycles. The van der Waals surface area contributed by atoms with Crippen LogP contribution in [0.25, 0.3) is 0 Å². The topological polar surface area (TPSA) is 37.8 Å². The second kappa shape index (κ2) is 3.71. The molecule has 0 fully saturated rings. The summed E-state index contributed by atoms with van der Waals surface area (Å²) in [5.74, 6) is -0.0608. The Morgan fingerprint density at radius 1 is 1.36 bits per heavy atom. The molecule has 0 aliphatic rings. The van der Waals surface area contributed by atoms with Crippen molar-refractivity contribution in [3.63, 3.8) is 0 Å². The maximum Gasteiger partial charge on any atom is 0.218 e. The summed E-state index contributed by atoms with van der Waals surface area (Å²) in [4.78, 5) is 7.27. The Bertz CT molecular complexity index is 441. The van der Waals surface area contributed by atoms with E-state index >= 15 is 0 Å². The molecule has 0 bridgehead atoms. The molecule has 1 N–H and O–H groups in total. The molecule has 14 heavy (non-hydrogen) atoms. The van der Waals surface area contributed by atoms with Crippen molar-refractivity contribution < 1.29 is 4.39 Å². The third-order valence-corrected chi connectivity index (χ3v) is 2.61. The van der Waals surface area contributed by atoms with Gasteiger partial charge in [-0.05, 0) is 17.9 Å². The van der Waals surface area contributed by atoms with Crippen molar-refractivity contribution in [2.45, 2.75) is 6.92 Å². The molecule has 0 atom stereocenters. The number of rotatable bonds is 2. The van der Waals surface area contributed by atoms with E-state index in [9.17, 15) is 4.39 Å². The molecule has 0 aliphatic carbocycles. The first-order chi connectivity index (χ1) is 6.75. The number of aryl methyl sites for hydroxylation is 1. The Morgan fingerprint density at radius 3 is 2.86 bits per heavy atom. The van der Waals surface area contributed by atoms with Crippen LogP contribution in [0.5, 0.6) is 0 Å². The van der Waals surface area contributed by atoms with Gasteiger partial charge in [-0.25, -0.2) is 9.97 Å². The molecule has 5 heteroatoms. The molecule has 2 rings (SSSR count). The highest BCUT2D eigenvalue weighted by molar-refractivity contribution is 7.08. The fraction of sp³-hybridized carbons (Fsp3) is 0.111. The Hall–Kier alpha value is -1.49. The van der Waals surface area contributed by atoms with Crippen molar-refractivity contribution in [1.29, 1.82) is 0 Å². The van der Waals surface area contributed by atoms with Crippen LogP contribution in [0.3, 0.4) is 0 Å². The summed E-state index contributed by atoms with van der Waals surface area (Å²) >= 11 is 1.59. The van der Waals surface area contributed by atoms with Crippen LogP contribution in [0, 0.1) is 12.9 Å². The lowest BCUT2D eigenvalue weighted by molar-refractivity contribution is 0.580. The highest BCUT2D eigenvalue weighted by atomic mass is 32.1. The highest BCUT2D eigenvalue weighted by Crippen LogP contribution is 2.22. The average Bonchev–Trinajstić information content (AvgIpc) is 2.52. The lowest BCUT2D eigenvalue weighted by atomic mass is 10.3. The zero-order valence-electron chi connectivity index (χ0n) is 7.49. The van der Waals surface area contributed by atoms with Gasteiger partial charge in [0.1, 0.15) is 12.1 Å². The third kappa shape index (κ3) is 1.88. The molecule has 2 heterocycles. The summed E-state index contributed by atoms with van der Waals surface area (Å²) in [6.07, 6.45) is 1.19. The number of nitrogens with zero attached hydrogens (tertiary/aromatic N) is 2. The van der Waals surface area contributed by atoms with Crippen molar-refractivity contribution in [2.24, 2.45) is 0 Å². The van der Waals surface area contributed by atoms with Gasteiger partial charge >= 0.3 is 0 Å². The highest BCUT2D eigenvalue weighted by Gasteiger charge is 2.01. The van der Waals surface area contributed by atoms with Crippen molar-refractivity contribution >= 4 is 22.8 Å². The molecule has 0 saturated heterocycles. The van der Waals surface area contributed by atoms with E-state index < -0.39 is 5.95 Å². The Kier molecular flexibility index (Phi) is 2.41. The first-order valence-corrected chi connectivity index (χ1v) is 4.97. The molecule has 0 unspecified atom stereocenters. The SMILES string of the molecule is Cc1cscc1Nc1cc(F)ncn1. The van der Waals surface area contributed by atoms with Gasteiger partial charge in [0.25, 0.3) is 0 Å². The minimum absolute atomic E-state index is 0.471. The lowest BCUT2D eigenvalue weighted by Gasteiger charge is -2.03. The fourth-order valence-electron chi connectivity index (χ4n) is 1.03. The summed E-state index contributed by atoms with van der Waals surface area (Å²) < 4.78 is 12.7. The van der Waals surface area contributed by atoms with E-state index in [2.05, 4.69) is 15.3 Å². The van der Waals surface area contributed by atoms with Crippen molar-refractivity contribution in [3.05, 3.63) is 34.7 Å². The van der Waals surface area contributed by atoms with Crippen LogP contribution in [-0.2, 0) is 0 Å². The van der Waals surface area contributed by atoms with Crippen LogP contribution in [-0.4, -0.2) is 9.97 Å². The number of halogens is 1. The van der Waals surface area contributed by atoms with E-state index in [-0.39, 0.29) is 0 Å². The molecule has 2 aromatic rings. The molecular weight excluding hydrogens is 201 g/mol. The smallest absolute Gasteiger partial charge is 0.218 e. The van der Waals surface area contributed by atoms with Crippen LogP contribution >= 0.6 is 11.3 Å². The Balaban J connectivity index is 2.23. The maximum absolute atomic E-state index is 12.7. The first-order valence-electron chi connectivity index (χ1n) is 4.03. The van der Waals surface area contributed by atoms with Gasteiger partial charge in [0, 0.05) is 11.4 Å². The average molecular weight is 209 g/mol. The van der Waals surface area contributed by atoms with Gasteiger partial charge in [-0.2, -0.15) is 4.39 Å². The molecule has 0 amide bonds. The van der Waals surface area contributed by atoms with Gasteiger partial charge < -0.3 is 5.32 Å². The normalized spacial score (nSPS) is 10.1. The molecule has 0 radical (unpaired) electrons. The van der Waals surface area contributed by atoms with E-state index in [4.69, 9.17) is 0 Å². The summed E-state index contributed by atoms with van der Waals surface area (Å²) in [6.45, 7) is 1.98. The molecular formula is C9H8FN3S. The van der Waals surface area contributed by atoms with Crippen LogP contribution in [0.4, 0.5) is 15.9 Å². The van der Waals surface area contributed by atoms with E-state index in [1.165, 1.54) is 12.4 Å². The van der Waals surface area contributed by atoms with Crippen molar-refractivity contribution in [3.8, 4) is 0 Å². The van der Waals surface area contributed by atoms with E-state index in [1.807, 2.05) is 17.7 Å². The number of hydrogen-bond donors (Lipinski definition) is 1. The predicted octanol–water partition coefficient (Wildman–Crippen LogP) is 2.73. The number of nitrogens with one attached hydrogen (secondary N) is 1. The molecule has 2 aromatic heterocycles. The number of anilines is 2. The van der Waals surface area contributed by atoms with Gasteiger partial charge in [0.2, 0.25) is 5.95 Å².